The fourth-order valence-electron chi connectivity index (χ4n) is 4.95. The predicted octanol–water partition coefficient (Wildman–Crippen LogP) is 1.48. The van der Waals surface area contributed by atoms with Crippen molar-refractivity contribution < 1.29 is 23.9 Å². The summed E-state index contributed by atoms with van der Waals surface area (Å²) in [6.45, 7) is 3.26. The van der Waals surface area contributed by atoms with Crippen molar-refractivity contribution in [3.05, 3.63) is 29.8 Å². The van der Waals surface area contributed by atoms with Gasteiger partial charge >= 0.3 is 6.03 Å². The first-order valence-electron chi connectivity index (χ1n) is 11.2. The highest BCUT2D eigenvalue weighted by atomic mass is 16.5. The van der Waals surface area contributed by atoms with Crippen LogP contribution in [0.4, 0.5) is 4.79 Å². The quantitative estimate of drug-likeness (QED) is 0.712. The molecule has 2 aliphatic heterocycles. The third-order valence-corrected chi connectivity index (χ3v) is 7.05. The van der Waals surface area contributed by atoms with Gasteiger partial charge in [-0.05, 0) is 43.0 Å². The molecule has 0 bridgehead atoms. The minimum atomic E-state index is -0.862. The van der Waals surface area contributed by atoms with Gasteiger partial charge in [-0.15, -0.1) is 0 Å². The van der Waals surface area contributed by atoms with E-state index in [1.165, 1.54) is 0 Å². The van der Waals surface area contributed by atoms with E-state index in [1.54, 1.807) is 41.2 Å². The van der Waals surface area contributed by atoms with E-state index < -0.39 is 11.6 Å². The van der Waals surface area contributed by atoms with E-state index in [1.807, 2.05) is 6.92 Å². The van der Waals surface area contributed by atoms with E-state index >= 15 is 0 Å². The van der Waals surface area contributed by atoms with Crippen molar-refractivity contribution in [1.29, 1.82) is 0 Å². The smallest absolute Gasteiger partial charge is 0.325 e. The van der Waals surface area contributed by atoms with Crippen molar-refractivity contribution in [2.45, 2.75) is 38.1 Å². The van der Waals surface area contributed by atoms with Crippen LogP contribution >= 0.6 is 0 Å². The van der Waals surface area contributed by atoms with Crippen molar-refractivity contribution in [3.8, 4) is 5.75 Å². The molecule has 3 aliphatic rings. The molecule has 32 heavy (non-hydrogen) atoms. The number of benzene rings is 1. The zero-order valence-corrected chi connectivity index (χ0v) is 18.6. The van der Waals surface area contributed by atoms with Gasteiger partial charge in [0.15, 0.2) is 0 Å². The van der Waals surface area contributed by atoms with Gasteiger partial charge in [-0.25, -0.2) is 4.79 Å². The minimum Gasteiger partial charge on any atom is -0.497 e. The van der Waals surface area contributed by atoms with Crippen molar-refractivity contribution in [2.24, 2.45) is 5.92 Å². The molecule has 2 saturated heterocycles. The minimum absolute atomic E-state index is 0.0558. The highest BCUT2D eigenvalue weighted by Crippen LogP contribution is 2.38. The summed E-state index contributed by atoms with van der Waals surface area (Å²) in [5.41, 5.74) is -0.296. The second-order valence-electron chi connectivity index (χ2n) is 8.84. The molecule has 1 saturated carbocycles. The highest BCUT2D eigenvalue weighted by Gasteiger charge is 2.55. The Hall–Kier alpha value is -3.10. The van der Waals surface area contributed by atoms with Crippen molar-refractivity contribution in [2.75, 3.05) is 39.8 Å². The van der Waals surface area contributed by atoms with Crippen LogP contribution in [0.2, 0.25) is 0 Å². The maximum absolute atomic E-state index is 13.1. The van der Waals surface area contributed by atoms with Gasteiger partial charge < -0.3 is 19.9 Å². The summed E-state index contributed by atoms with van der Waals surface area (Å²) in [6, 6.07) is 6.44. The van der Waals surface area contributed by atoms with Crippen LogP contribution in [0.1, 0.15) is 43.0 Å². The van der Waals surface area contributed by atoms with Crippen LogP contribution in [-0.4, -0.2) is 83.8 Å². The zero-order valence-electron chi connectivity index (χ0n) is 18.6. The average molecular weight is 443 g/mol. The van der Waals surface area contributed by atoms with E-state index in [2.05, 4.69) is 5.32 Å². The molecular formula is C23H30N4O5. The number of ether oxygens (including phenoxy) is 1. The summed E-state index contributed by atoms with van der Waals surface area (Å²) >= 11 is 0. The van der Waals surface area contributed by atoms with E-state index in [0.717, 1.165) is 24.2 Å². The maximum atomic E-state index is 13.1. The van der Waals surface area contributed by atoms with Crippen LogP contribution in [0.15, 0.2) is 24.3 Å². The first-order chi connectivity index (χ1) is 15.4. The molecular weight excluding hydrogens is 412 g/mol. The third kappa shape index (κ3) is 3.91. The Morgan fingerprint density at radius 2 is 1.72 bits per heavy atom. The number of urea groups is 1. The number of carbonyl (C=O) groups is 4. The summed E-state index contributed by atoms with van der Waals surface area (Å²) in [5, 5.41) is 2.88. The molecule has 0 radical (unpaired) electrons. The van der Waals surface area contributed by atoms with Gasteiger partial charge in [0.25, 0.3) is 11.8 Å². The van der Waals surface area contributed by atoms with Crippen LogP contribution in [0.3, 0.4) is 0 Å². The molecule has 4 rings (SSSR count). The molecule has 2 unspecified atom stereocenters. The number of piperazine rings is 1. The van der Waals surface area contributed by atoms with Gasteiger partial charge in [0.2, 0.25) is 5.91 Å². The Morgan fingerprint density at radius 1 is 1.06 bits per heavy atom. The van der Waals surface area contributed by atoms with Crippen LogP contribution in [-0.2, 0) is 9.59 Å². The number of rotatable bonds is 4. The fourth-order valence-corrected chi connectivity index (χ4v) is 4.95. The molecule has 3 fully saturated rings. The lowest BCUT2D eigenvalue weighted by Crippen LogP contribution is -2.55. The van der Waals surface area contributed by atoms with Gasteiger partial charge in [0, 0.05) is 31.7 Å². The molecule has 1 N–H and O–H groups in total. The number of amides is 5. The topological polar surface area (TPSA) is 99.3 Å². The summed E-state index contributed by atoms with van der Waals surface area (Å²) < 4.78 is 5.12. The molecule has 1 aromatic rings. The second-order valence-corrected chi connectivity index (χ2v) is 8.84. The number of imide groups is 1. The monoisotopic (exact) mass is 442 g/mol. The Kier molecular flexibility index (Phi) is 6.08. The molecule has 2 atom stereocenters. The number of hydrogen-bond donors (Lipinski definition) is 1. The molecule has 1 spiro atoms. The summed E-state index contributed by atoms with van der Waals surface area (Å²) in [4.78, 5) is 55.6. The molecule has 172 valence electrons. The lowest BCUT2D eigenvalue weighted by Gasteiger charge is -2.37. The van der Waals surface area contributed by atoms with Gasteiger partial charge in [0.05, 0.1) is 7.11 Å². The number of nitrogens with zero attached hydrogens (tertiary/aromatic N) is 3. The van der Waals surface area contributed by atoms with Crippen molar-refractivity contribution in [1.82, 2.24) is 20.0 Å². The average Bonchev–Trinajstić information content (AvgIpc) is 3.05. The Morgan fingerprint density at radius 3 is 2.34 bits per heavy atom. The number of carbonyl (C=O) groups excluding carboxylic acids is 4. The molecule has 2 heterocycles. The SMILES string of the molecule is COc1ccc(C(=O)N2CCN(C(=O)CN3C(=O)NC4(CCCCC4C)C3=O)CC2)cc1. The lowest BCUT2D eigenvalue weighted by molar-refractivity contribution is -0.141. The highest BCUT2D eigenvalue weighted by molar-refractivity contribution is 6.09. The Balaban J connectivity index is 1.33. The van der Waals surface area contributed by atoms with Crippen LogP contribution in [0.5, 0.6) is 5.75 Å². The first-order valence-corrected chi connectivity index (χ1v) is 11.2. The van der Waals surface area contributed by atoms with Crippen molar-refractivity contribution >= 4 is 23.8 Å². The van der Waals surface area contributed by atoms with E-state index in [-0.39, 0.29) is 30.2 Å². The lowest BCUT2D eigenvalue weighted by atomic mass is 9.73. The molecule has 1 aromatic carbocycles. The normalized spacial score (nSPS) is 25.8. The van der Waals surface area contributed by atoms with Gasteiger partial charge in [-0.2, -0.15) is 0 Å². The summed E-state index contributed by atoms with van der Waals surface area (Å²) in [7, 11) is 1.57. The predicted molar refractivity (Wildman–Crippen MR) is 116 cm³/mol. The Labute approximate surface area is 187 Å². The zero-order chi connectivity index (χ0) is 22.9. The summed E-state index contributed by atoms with van der Waals surface area (Å²) in [6.07, 6.45) is 3.44. The number of nitrogens with one attached hydrogen (secondary N) is 1. The molecule has 9 heteroatoms. The third-order valence-electron chi connectivity index (χ3n) is 7.05. The van der Waals surface area contributed by atoms with Crippen molar-refractivity contribution in [3.63, 3.8) is 0 Å². The first kappa shape index (κ1) is 22.1. The molecule has 9 nitrogen and oxygen atoms in total. The molecule has 5 amide bonds. The van der Waals surface area contributed by atoms with E-state index in [9.17, 15) is 19.2 Å². The van der Waals surface area contributed by atoms with Crippen LogP contribution in [0.25, 0.3) is 0 Å². The van der Waals surface area contributed by atoms with Crippen LogP contribution < -0.4 is 10.1 Å². The van der Waals surface area contributed by atoms with Gasteiger partial charge in [-0.3, -0.25) is 19.3 Å². The maximum Gasteiger partial charge on any atom is 0.325 e. The van der Waals surface area contributed by atoms with E-state index in [4.69, 9.17) is 4.74 Å². The summed E-state index contributed by atoms with van der Waals surface area (Å²) in [5.74, 6) is 0.0891. The number of hydrogen-bond acceptors (Lipinski definition) is 5. The largest absolute Gasteiger partial charge is 0.497 e. The molecule has 0 aromatic heterocycles. The van der Waals surface area contributed by atoms with Gasteiger partial charge in [0.1, 0.15) is 17.8 Å². The standard InChI is InChI=1S/C23H30N4O5/c1-16-5-3-4-10-23(16)21(30)27(22(31)24-23)15-19(28)25-11-13-26(14-12-25)20(29)17-6-8-18(32-2)9-7-17/h6-9,16H,3-5,10-15H2,1-2H3,(H,24,31). The van der Waals surface area contributed by atoms with E-state index in [0.29, 0.717) is 43.9 Å². The van der Waals surface area contributed by atoms with Gasteiger partial charge in [-0.1, -0.05) is 19.8 Å². The second kappa shape index (κ2) is 8.80. The molecule has 1 aliphatic carbocycles. The number of methoxy groups -OCH3 is 1. The Bertz CT molecular complexity index is 909. The fraction of sp³-hybridized carbons (Fsp3) is 0.565. The van der Waals surface area contributed by atoms with Crippen LogP contribution in [0, 0.1) is 5.92 Å².